The van der Waals surface area contributed by atoms with Crippen LogP contribution in [0.25, 0.3) is 21.7 Å². The van der Waals surface area contributed by atoms with E-state index in [9.17, 15) is 0 Å². The number of rotatable bonds is 1. The summed E-state index contributed by atoms with van der Waals surface area (Å²) < 4.78 is 0. The van der Waals surface area contributed by atoms with Gasteiger partial charge in [0.2, 0.25) is 0 Å². The lowest BCUT2D eigenvalue weighted by Gasteiger charge is -1.94. The van der Waals surface area contributed by atoms with Crippen molar-refractivity contribution in [1.29, 1.82) is 0 Å². The maximum Gasteiger partial charge on any atom is 0.156 e. The lowest BCUT2D eigenvalue weighted by atomic mass is 10.4. The molecule has 0 saturated carbocycles. The van der Waals surface area contributed by atoms with Gasteiger partial charge in [0.1, 0.15) is 11.2 Å². The van der Waals surface area contributed by atoms with Crippen molar-refractivity contribution in [3.63, 3.8) is 0 Å². The zero-order valence-electron chi connectivity index (χ0n) is 7.14. The van der Waals surface area contributed by atoms with Crippen molar-refractivity contribution < 1.29 is 0 Å². The molecule has 0 aromatic carbocycles. The Labute approximate surface area is 83.7 Å². The molecular weight excluding hydrogens is 196 g/mol. The summed E-state index contributed by atoms with van der Waals surface area (Å²) in [6, 6.07) is 1.91. The summed E-state index contributed by atoms with van der Waals surface area (Å²) in [6.07, 6.45) is 5.39. The maximum atomic E-state index is 4.45. The second-order valence-corrected chi connectivity index (χ2v) is 3.72. The molecule has 0 bridgehead atoms. The second-order valence-electron chi connectivity index (χ2n) is 2.83. The summed E-state index contributed by atoms with van der Waals surface area (Å²) in [5.41, 5.74) is 4.37. The molecule has 4 nitrogen and oxygen atoms in total. The Morgan fingerprint density at radius 3 is 3.14 bits per heavy atom. The van der Waals surface area contributed by atoms with Gasteiger partial charge in [-0.1, -0.05) is 0 Å². The number of H-pyrrole nitrogens is 1. The fourth-order valence-electron chi connectivity index (χ4n) is 1.29. The summed E-state index contributed by atoms with van der Waals surface area (Å²) >= 11 is 1.56. The Morgan fingerprint density at radius 2 is 2.29 bits per heavy atom. The molecule has 0 fully saturated rings. The van der Waals surface area contributed by atoms with E-state index in [-0.39, 0.29) is 0 Å². The molecule has 0 atom stereocenters. The van der Waals surface area contributed by atoms with E-state index in [0.29, 0.717) is 0 Å². The van der Waals surface area contributed by atoms with Crippen molar-refractivity contribution in [1.82, 2.24) is 19.9 Å². The van der Waals surface area contributed by atoms with Crippen LogP contribution in [-0.4, -0.2) is 19.9 Å². The molecule has 3 aromatic heterocycles. The first kappa shape index (κ1) is 7.64. The molecule has 0 unspecified atom stereocenters. The normalized spacial score (nSPS) is 10.9. The van der Waals surface area contributed by atoms with E-state index in [2.05, 4.69) is 19.9 Å². The molecule has 0 aliphatic carbocycles. The van der Waals surface area contributed by atoms with Gasteiger partial charge in [0, 0.05) is 12.4 Å². The van der Waals surface area contributed by atoms with Gasteiger partial charge in [0.05, 0.1) is 16.6 Å². The zero-order chi connectivity index (χ0) is 9.38. The van der Waals surface area contributed by atoms with Crippen LogP contribution >= 0.6 is 11.3 Å². The molecule has 5 heteroatoms. The topological polar surface area (TPSA) is 54.5 Å². The number of aromatic nitrogens is 4. The molecule has 0 radical (unpaired) electrons. The van der Waals surface area contributed by atoms with E-state index in [0.717, 1.165) is 21.7 Å². The van der Waals surface area contributed by atoms with Gasteiger partial charge in [-0.25, -0.2) is 9.97 Å². The van der Waals surface area contributed by atoms with Crippen LogP contribution in [0.15, 0.2) is 30.2 Å². The van der Waals surface area contributed by atoms with Crippen LogP contribution in [-0.2, 0) is 0 Å². The lowest BCUT2D eigenvalue weighted by molar-refractivity contribution is 1.27. The van der Waals surface area contributed by atoms with Gasteiger partial charge in [-0.15, -0.1) is 11.3 Å². The van der Waals surface area contributed by atoms with Crippen LogP contribution in [0.2, 0.25) is 0 Å². The van der Waals surface area contributed by atoms with Crippen molar-refractivity contribution in [2.45, 2.75) is 0 Å². The summed E-state index contributed by atoms with van der Waals surface area (Å²) in [5.74, 6) is 0. The van der Waals surface area contributed by atoms with Crippen molar-refractivity contribution in [2.75, 3.05) is 0 Å². The highest BCUT2D eigenvalue weighted by atomic mass is 32.1. The first-order valence-corrected chi connectivity index (χ1v) is 5.00. The van der Waals surface area contributed by atoms with Gasteiger partial charge in [-0.05, 0) is 6.07 Å². The van der Waals surface area contributed by atoms with Crippen molar-refractivity contribution in [2.24, 2.45) is 0 Å². The number of hydrogen-bond acceptors (Lipinski definition) is 4. The van der Waals surface area contributed by atoms with Gasteiger partial charge >= 0.3 is 0 Å². The molecule has 3 rings (SSSR count). The van der Waals surface area contributed by atoms with Crippen LogP contribution < -0.4 is 0 Å². The van der Waals surface area contributed by atoms with E-state index < -0.39 is 0 Å². The average molecular weight is 202 g/mol. The molecule has 1 N–H and O–H groups in total. The monoisotopic (exact) mass is 202 g/mol. The Bertz CT molecular complexity index is 555. The van der Waals surface area contributed by atoms with Gasteiger partial charge in [0.15, 0.2) is 5.65 Å². The maximum absolute atomic E-state index is 4.45. The van der Waals surface area contributed by atoms with Crippen LogP contribution in [0.1, 0.15) is 0 Å². The Morgan fingerprint density at radius 1 is 1.29 bits per heavy atom. The van der Waals surface area contributed by atoms with Gasteiger partial charge in [-0.3, -0.25) is 4.98 Å². The summed E-state index contributed by atoms with van der Waals surface area (Å²) in [6.45, 7) is 0. The summed E-state index contributed by atoms with van der Waals surface area (Å²) in [7, 11) is 0. The van der Waals surface area contributed by atoms with E-state index in [4.69, 9.17) is 0 Å². The molecule has 14 heavy (non-hydrogen) atoms. The molecule has 0 spiro atoms. The number of nitrogens with zero attached hydrogens (tertiary/aromatic N) is 3. The van der Waals surface area contributed by atoms with Crippen molar-refractivity contribution in [3.05, 3.63) is 30.2 Å². The largest absolute Gasteiger partial charge is 0.345 e. The standard InChI is InChI=1S/C9H6N4S/c1-2-11-9-6(1)13-7(3-12-9)8-4-10-5-14-8/h1-5H,(H,11,12). The van der Waals surface area contributed by atoms with E-state index in [1.54, 1.807) is 29.2 Å². The predicted molar refractivity (Wildman–Crippen MR) is 55.0 cm³/mol. The number of nitrogens with one attached hydrogen (secondary N) is 1. The third-order valence-corrected chi connectivity index (χ3v) is 2.74. The minimum absolute atomic E-state index is 0.818. The molecule has 68 valence electrons. The minimum Gasteiger partial charge on any atom is -0.345 e. The first-order chi connectivity index (χ1) is 6.93. The van der Waals surface area contributed by atoms with Crippen LogP contribution in [0.4, 0.5) is 0 Å². The minimum atomic E-state index is 0.818. The fourth-order valence-corrected chi connectivity index (χ4v) is 1.87. The van der Waals surface area contributed by atoms with Gasteiger partial charge in [-0.2, -0.15) is 0 Å². The smallest absolute Gasteiger partial charge is 0.156 e. The summed E-state index contributed by atoms with van der Waals surface area (Å²) in [4.78, 5) is 16.8. The van der Waals surface area contributed by atoms with Crippen LogP contribution in [0.5, 0.6) is 0 Å². The Balaban J connectivity index is 2.23. The molecule has 0 amide bonds. The molecular formula is C9H6N4S. The molecule has 0 aliphatic rings. The fraction of sp³-hybridized carbons (Fsp3) is 0. The number of thiazole rings is 1. The quantitative estimate of drug-likeness (QED) is 0.657. The SMILES string of the molecule is c1cc2nc(-c3cncs3)cnc2[nH]1. The third-order valence-electron chi connectivity index (χ3n) is 1.95. The highest BCUT2D eigenvalue weighted by Gasteiger charge is 2.03. The summed E-state index contributed by atoms with van der Waals surface area (Å²) in [5, 5.41) is 0. The number of hydrogen-bond donors (Lipinski definition) is 1. The third kappa shape index (κ3) is 1.10. The predicted octanol–water partition coefficient (Wildman–Crippen LogP) is 2.08. The first-order valence-electron chi connectivity index (χ1n) is 4.12. The molecule has 0 saturated heterocycles. The number of aromatic amines is 1. The van der Waals surface area contributed by atoms with Crippen LogP contribution in [0.3, 0.4) is 0 Å². The highest BCUT2D eigenvalue weighted by Crippen LogP contribution is 2.21. The molecule has 3 heterocycles. The second kappa shape index (κ2) is 2.88. The highest BCUT2D eigenvalue weighted by molar-refractivity contribution is 7.13. The van der Waals surface area contributed by atoms with Gasteiger partial charge < -0.3 is 4.98 Å². The van der Waals surface area contributed by atoms with E-state index in [1.165, 1.54) is 0 Å². The zero-order valence-corrected chi connectivity index (χ0v) is 7.95. The lowest BCUT2D eigenvalue weighted by Crippen LogP contribution is -1.84. The Kier molecular flexibility index (Phi) is 1.57. The Hall–Kier alpha value is -1.75. The molecule has 3 aromatic rings. The molecule has 0 aliphatic heterocycles. The average Bonchev–Trinajstić information content (AvgIpc) is 2.88. The van der Waals surface area contributed by atoms with Crippen LogP contribution in [0, 0.1) is 0 Å². The number of fused-ring (bicyclic) bond motifs is 1. The van der Waals surface area contributed by atoms with Crippen molar-refractivity contribution >= 4 is 22.5 Å². The van der Waals surface area contributed by atoms with Crippen molar-refractivity contribution in [3.8, 4) is 10.6 Å². The van der Waals surface area contributed by atoms with E-state index in [1.807, 2.05) is 12.3 Å². The van der Waals surface area contributed by atoms with Gasteiger partial charge in [0.25, 0.3) is 0 Å². The van der Waals surface area contributed by atoms with E-state index >= 15 is 0 Å².